The van der Waals surface area contributed by atoms with Crippen molar-refractivity contribution in [1.82, 2.24) is 0 Å². The Morgan fingerprint density at radius 2 is 1.68 bits per heavy atom. The Bertz CT molecular complexity index is 620. The van der Waals surface area contributed by atoms with Crippen LogP contribution in [-0.2, 0) is 9.31 Å². The summed E-state index contributed by atoms with van der Waals surface area (Å²) in [5.41, 5.74) is 2.30. The summed E-state index contributed by atoms with van der Waals surface area (Å²) in [6.07, 6.45) is 5.82. The van der Waals surface area contributed by atoms with Gasteiger partial charge in [0.25, 0.3) is 0 Å². The van der Waals surface area contributed by atoms with E-state index < -0.39 is 18.3 Å². The molecule has 1 aromatic carbocycles. The zero-order chi connectivity index (χ0) is 18.1. The summed E-state index contributed by atoms with van der Waals surface area (Å²) in [5, 5.41) is 9.95. The predicted octanol–water partition coefficient (Wildman–Crippen LogP) is 3.68. The molecule has 2 aliphatic heterocycles. The predicted molar refractivity (Wildman–Crippen MR) is 104 cm³/mol. The van der Waals surface area contributed by atoms with Crippen LogP contribution in [0.4, 0.5) is 5.69 Å². The summed E-state index contributed by atoms with van der Waals surface area (Å²) in [6.45, 7) is 10.2. The van der Waals surface area contributed by atoms with Crippen LogP contribution in [0, 0.1) is 0 Å². The first-order valence-corrected chi connectivity index (χ1v) is 9.35. The van der Waals surface area contributed by atoms with Crippen molar-refractivity contribution in [2.45, 2.75) is 58.2 Å². The second-order valence-corrected chi connectivity index (χ2v) is 8.07. The van der Waals surface area contributed by atoms with Crippen molar-refractivity contribution in [3.8, 4) is 0 Å². The lowest BCUT2D eigenvalue weighted by Gasteiger charge is -2.32. The average molecular weight is 343 g/mol. The van der Waals surface area contributed by atoms with Crippen LogP contribution in [0.25, 0.3) is 6.08 Å². The van der Waals surface area contributed by atoms with E-state index in [1.54, 1.807) is 0 Å². The number of nitrogens with zero attached hydrogens (tertiary/aromatic N) is 1. The molecule has 136 valence electrons. The summed E-state index contributed by atoms with van der Waals surface area (Å²) in [4.78, 5) is 2.44. The molecule has 5 heteroatoms. The summed E-state index contributed by atoms with van der Waals surface area (Å²) < 4.78 is 12.2. The fraction of sp³-hybridized carbons (Fsp3) is 0.600. The van der Waals surface area contributed by atoms with Crippen LogP contribution in [0.3, 0.4) is 0 Å². The minimum atomic E-state index is -0.510. The number of rotatable bonds is 4. The molecule has 25 heavy (non-hydrogen) atoms. The van der Waals surface area contributed by atoms with Gasteiger partial charge in [0.1, 0.15) is 0 Å². The van der Waals surface area contributed by atoms with E-state index in [9.17, 15) is 5.11 Å². The largest absolute Gasteiger partial charge is 0.492 e. The van der Waals surface area contributed by atoms with E-state index in [1.165, 1.54) is 24.9 Å². The Morgan fingerprint density at radius 3 is 2.28 bits per heavy atom. The van der Waals surface area contributed by atoms with E-state index in [1.807, 2.05) is 39.8 Å². The van der Waals surface area contributed by atoms with Crippen molar-refractivity contribution in [3.63, 3.8) is 0 Å². The highest BCUT2D eigenvalue weighted by atomic mass is 16.7. The maximum absolute atomic E-state index is 9.95. The molecule has 0 saturated carbocycles. The normalized spacial score (nSPS) is 23.2. The van der Waals surface area contributed by atoms with Crippen LogP contribution < -0.4 is 4.90 Å². The van der Waals surface area contributed by atoms with Crippen LogP contribution >= 0.6 is 0 Å². The molecule has 0 spiro atoms. The molecule has 1 N–H and O–H groups in total. The Labute approximate surface area is 152 Å². The van der Waals surface area contributed by atoms with Gasteiger partial charge in [0.15, 0.2) is 0 Å². The topological polar surface area (TPSA) is 41.9 Å². The Kier molecular flexibility index (Phi) is 5.28. The molecule has 2 fully saturated rings. The van der Waals surface area contributed by atoms with Gasteiger partial charge in [-0.3, -0.25) is 0 Å². The van der Waals surface area contributed by atoms with Crippen molar-refractivity contribution >= 4 is 18.9 Å². The van der Waals surface area contributed by atoms with Crippen LogP contribution in [0.5, 0.6) is 0 Å². The molecule has 2 heterocycles. The molecule has 0 unspecified atom stereocenters. The van der Waals surface area contributed by atoms with Gasteiger partial charge in [0.2, 0.25) is 0 Å². The number of benzene rings is 1. The molecule has 3 rings (SSSR count). The second kappa shape index (κ2) is 7.14. The standard InChI is InChI=1S/C20H30BNO3/c1-19(2)20(3,4)25-21(24-19)17(15-23)14-16-10-6-7-11-18(16)22-12-8-5-9-13-22/h6-7,10-11,14,23H,5,8-9,12-13,15H2,1-4H3. The SMILES string of the molecule is CC1(C)OB(C(=Cc2ccccc2N2CCCCC2)CO)OC1(C)C. The van der Waals surface area contributed by atoms with E-state index in [4.69, 9.17) is 9.31 Å². The molecule has 0 amide bonds. The third-order valence-corrected chi connectivity index (χ3v) is 5.71. The summed E-state index contributed by atoms with van der Waals surface area (Å²) in [5.74, 6) is 0. The Morgan fingerprint density at radius 1 is 1.08 bits per heavy atom. The first-order chi connectivity index (χ1) is 11.8. The van der Waals surface area contributed by atoms with Gasteiger partial charge in [-0.2, -0.15) is 0 Å². The Hall–Kier alpha value is -1.30. The van der Waals surface area contributed by atoms with Gasteiger partial charge in [-0.15, -0.1) is 0 Å². The fourth-order valence-corrected chi connectivity index (χ4v) is 3.41. The van der Waals surface area contributed by atoms with Crippen LogP contribution in [0.2, 0.25) is 0 Å². The van der Waals surface area contributed by atoms with Crippen LogP contribution in [0.15, 0.2) is 29.7 Å². The number of aliphatic hydroxyl groups is 1. The number of aliphatic hydroxyl groups excluding tert-OH is 1. The highest BCUT2D eigenvalue weighted by Crippen LogP contribution is 2.39. The summed E-state index contributed by atoms with van der Waals surface area (Å²) >= 11 is 0. The van der Waals surface area contributed by atoms with Gasteiger partial charge < -0.3 is 19.3 Å². The van der Waals surface area contributed by atoms with E-state index >= 15 is 0 Å². The fourth-order valence-electron chi connectivity index (χ4n) is 3.41. The van der Waals surface area contributed by atoms with E-state index in [0.717, 1.165) is 24.1 Å². The number of hydrogen-bond donors (Lipinski definition) is 1. The zero-order valence-corrected chi connectivity index (χ0v) is 15.9. The number of hydrogen-bond acceptors (Lipinski definition) is 4. The van der Waals surface area contributed by atoms with E-state index in [2.05, 4.69) is 23.1 Å². The molecule has 1 aromatic rings. The third-order valence-electron chi connectivity index (χ3n) is 5.71. The van der Waals surface area contributed by atoms with Gasteiger partial charge in [-0.05, 0) is 64.1 Å². The zero-order valence-electron chi connectivity index (χ0n) is 15.9. The smallest absolute Gasteiger partial charge is 0.400 e. The van der Waals surface area contributed by atoms with Crippen molar-refractivity contribution < 1.29 is 14.4 Å². The van der Waals surface area contributed by atoms with Gasteiger partial charge in [0, 0.05) is 18.8 Å². The lowest BCUT2D eigenvalue weighted by Crippen LogP contribution is -2.41. The lowest BCUT2D eigenvalue weighted by atomic mass is 9.77. The monoisotopic (exact) mass is 343 g/mol. The summed E-state index contributed by atoms with van der Waals surface area (Å²) in [7, 11) is -0.510. The minimum Gasteiger partial charge on any atom is -0.400 e. The van der Waals surface area contributed by atoms with Gasteiger partial charge in [-0.25, -0.2) is 0 Å². The molecule has 0 aromatic heterocycles. The van der Waals surface area contributed by atoms with Crippen molar-refractivity contribution in [2.24, 2.45) is 0 Å². The number of para-hydroxylation sites is 1. The lowest BCUT2D eigenvalue weighted by molar-refractivity contribution is 0.00578. The minimum absolute atomic E-state index is 0.0782. The highest BCUT2D eigenvalue weighted by molar-refractivity contribution is 6.55. The van der Waals surface area contributed by atoms with Gasteiger partial charge in [-0.1, -0.05) is 24.3 Å². The van der Waals surface area contributed by atoms with Gasteiger partial charge in [0.05, 0.1) is 17.8 Å². The second-order valence-electron chi connectivity index (χ2n) is 8.07. The van der Waals surface area contributed by atoms with Crippen molar-refractivity contribution in [3.05, 3.63) is 35.3 Å². The maximum atomic E-state index is 9.95. The first-order valence-electron chi connectivity index (χ1n) is 9.35. The molecule has 2 aliphatic rings. The summed E-state index contributed by atoms with van der Waals surface area (Å²) in [6, 6.07) is 8.38. The average Bonchev–Trinajstić information content (AvgIpc) is 2.81. The molecule has 0 radical (unpaired) electrons. The molecule has 0 aliphatic carbocycles. The van der Waals surface area contributed by atoms with Crippen LogP contribution in [0.1, 0.15) is 52.5 Å². The molecule has 2 saturated heterocycles. The van der Waals surface area contributed by atoms with E-state index in [0.29, 0.717) is 0 Å². The molecular formula is C20H30BNO3. The number of piperidine rings is 1. The molecule has 0 bridgehead atoms. The first kappa shape index (κ1) is 18.5. The van der Waals surface area contributed by atoms with Crippen LogP contribution in [-0.4, -0.2) is 43.1 Å². The van der Waals surface area contributed by atoms with Crippen molar-refractivity contribution in [2.75, 3.05) is 24.6 Å². The molecular weight excluding hydrogens is 313 g/mol. The molecule has 4 nitrogen and oxygen atoms in total. The maximum Gasteiger partial charge on any atom is 0.492 e. The van der Waals surface area contributed by atoms with Crippen molar-refractivity contribution in [1.29, 1.82) is 0 Å². The van der Waals surface area contributed by atoms with Gasteiger partial charge >= 0.3 is 7.12 Å². The Balaban J connectivity index is 1.88. The highest BCUT2D eigenvalue weighted by Gasteiger charge is 2.52. The van der Waals surface area contributed by atoms with E-state index in [-0.39, 0.29) is 6.61 Å². The molecule has 0 atom stereocenters. The number of anilines is 1. The third kappa shape index (κ3) is 3.79. The quantitative estimate of drug-likeness (QED) is 0.847.